The molecule has 0 aliphatic carbocycles. The maximum absolute atomic E-state index is 12.8. The maximum atomic E-state index is 12.8. The first-order valence-electron chi connectivity index (χ1n) is 6.98. The second-order valence-electron chi connectivity index (χ2n) is 5.42. The lowest BCUT2D eigenvalue weighted by Crippen LogP contribution is -2.36. The van der Waals surface area contributed by atoms with E-state index < -0.39 is 0 Å². The molecule has 112 valence electrons. The second kappa shape index (κ2) is 6.26. The summed E-state index contributed by atoms with van der Waals surface area (Å²) in [5.74, 6) is 0.0462. The number of amides is 1. The number of benzene rings is 1. The first kappa shape index (κ1) is 15.5. The van der Waals surface area contributed by atoms with Crippen LogP contribution in [0.3, 0.4) is 0 Å². The molecule has 0 unspecified atom stereocenters. The zero-order valence-electron chi connectivity index (χ0n) is 12.9. The summed E-state index contributed by atoms with van der Waals surface area (Å²) >= 11 is 1.46. The Morgan fingerprint density at radius 1 is 1.29 bits per heavy atom. The Labute approximate surface area is 129 Å². The van der Waals surface area contributed by atoms with E-state index in [0.29, 0.717) is 6.54 Å². The van der Waals surface area contributed by atoms with Gasteiger partial charge < -0.3 is 10.6 Å². The van der Waals surface area contributed by atoms with E-state index in [0.717, 1.165) is 26.8 Å². The number of carbonyl (C=O) groups excluding carboxylic acids is 1. The summed E-state index contributed by atoms with van der Waals surface area (Å²) in [7, 11) is 0. The summed E-state index contributed by atoms with van der Waals surface area (Å²) in [5.41, 5.74) is 8.32. The molecule has 0 saturated carbocycles. The first-order valence-corrected chi connectivity index (χ1v) is 7.79. The highest BCUT2D eigenvalue weighted by Crippen LogP contribution is 2.22. The second-order valence-corrected chi connectivity index (χ2v) is 6.62. The molecule has 0 radical (unpaired) electrons. The number of aromatic nitrogens is 1. The molecule has 1 amide bonds. The van der Waals surface area contributed by atoms with Crippen molar-refractivity contribution in [1.29, 1.82) is 0 Å². The van der Waals surface area contributed by atoms with Crippen LogP contribution in [0.1, 0.15) is 39.8 Å². The molecule has 0 aliphatic heterocycles. The van der Waals surface area contributed by atoms with E-state index in [2.05, 4.69) is 4.98 Å². The number of anilines is 1. The molecule has 2 N–H and O–H groups in total. The normalized spacial score (nSPS) is 10.9. The van der Waals surface area contributed by atoms with Gasteiger partial charge in [-0.1, -0.05) is 12.1 Å². The SMILES string of the molecule is Cc1nc(C)c(C(=O)N(Cc2ccc(N)cc2)C(C)C)s1. The molecule has 0 bridgehead atoms. The minimum absolute atomic E-state index is 0.0462. The van der Waals surface area contributed by atoms with Crippen molar-refractivity contribution in [3.05, 3.63) is 45.4 Å². The lowest BCUT2D eigenvalue weighted by atomic mass is 10.1. The third-order valence-electron chi connectivity index (χ3n) is 3.31. The molecule has 0 saturated heterocycles. The molecular weight excluding hydrogens is 282 g/mol. The summed E-state index contributed by atoms with van der Waals surface area (Å²) in [6, 6.07) is 7.77. The third kappa shape index (κ3) is 3.61. The number of hydrogen-bond acceptors (Lipinski definition) is 4. The molecular formula is C16H21N3OS. The summed E-state index contributed by atoms with van der Waals surface area (Å²) in [6.45, 7) is 8.44. The van der Waals surface area contributed by atoms with E-state index in [1.54, 1.807) is 0 Å². The van der Waals surface area contributed by atoms with E-state index in [1.165, 1.54) is 11.3 Å². The number of nitrogens with two attached hydrogens (primary N) is 1. The van der Waals surface area contributed by atoms with Crippen molar-refractivity contribution in [3.63, 3.8) is 0 Å². The van der Waals surface area contributed by atoms with E-state index >= 15 is 0 Å². The van der Waals surface area contributed by atoms with Gasteiger partial charge in [0.1, 0.15) is 4.88 Å². The van der Waals surface area contributed by atoms with Gasteiger partial charge in [0.05, 0.1) is 10.7 Å². The molecule has 1 aromatic carbocycles. The lowest BCUT2D eigenvalue weighted by Gasteiger charge is -2.26. The minimum Gasteiger partial charge on any atom is -0.399 e. The quantitative estimate of drug-likeness (QED) is 0.881. The van der Waals surface area contributed by atoms with Crippen LogP contribution in [0.2, 0.25) is 0 Å². The lowest BCUT2D eigenvalue weighted by molar-refractivity contribution is 0.0694. The highest BCUT2D eigenvalue weighted by molar-refractivity contribution is 7.13. The van der Waals surface area contributed by atoms with Crippen LogP contribution in [0.25, 0.3) is 0 Å². The van der Waals surface area contributed by atoms with Crippen molar-refractivity contribution in [2.45, 2.75) is 40.3 Å². The number of nitrogen functional groups attached to an aromatic ring is 1. The van der Waals surface area contributed by atoms with Crippen LogP contribution in [0.4, 0.5) is 5.69 Å². The van der Waals surface area contributed by atoms with Gasteiger partial charge in [-0.05, 0) is 45.4 Å². The van der Waals surface area contributed by atoms with E-state index in [-0.39, 0.29) is 11.9 Å². The topological polar surface area (TPSA) is 59.2 Å². The van der Waals surface area contributed by atoms with Crippen molar-refractivity contribution in [2.75, 3.05) is 5.73 Å². The standard InChI is InChI=1S/C16H21N3OS/c1-10(2)19(9-13-5-7-14(17)8-6-13)16(20)15-11(3)18-12(4)21-15/h5-8,10H,9,17H2,1-4H3. The summed E-state index contributed by atoms with van der Waals surface area (Å²) < 4.78 is 0. The summed E-state index contributed by atoms with van der Waals surface area (Å²) in [5, 5.41) is 0.923. The molecule has 0 atom stereocenters. The monoisotopic (exact) mass is 303 g/mol. The van der Waals surface area contributed by atoms with Crippen LogP contribution in [-0.4, -0.2) is 21.8 Å². The molecule has 2 rings (SSSR count). The Hall–Kier alpha value is -1.88. The number of hydrogen-bond donors (Lipinski definition) is 1. The van der Waals surface area contributed by atoms with Gasteiger partial charge in [-0.3, -0.25) is 4.79 Å². The first-order chi connectivity index (χ1) is 9.88. The Morgan fingerprint density at radius 3 is 2.38 bits per heavy atom. The van der Waals surface area contributed by atoms with Crippen molar-refractivity contribution in [1.82, 2.24) is 9.88 Å². The molecule has 1 heterocycles. The van der Waals surface area contributed by atoms with Gasteiger partial charge >= 0.3 is 0 Å². The van der Waals surface area contributed by atoms with Gasteiger partial charge in [-0.25, -0.2) is 4.98 Å². The fourth-order valence-electron chi connectivity index (χ4n) is 2.17. The Balaban J connectivity index is 2.24. The Morgan fingerprint density at radius 2 is 1.90 bits per heavy atom. The molecule has 0 aliphatic rings. The zero-order valence-corrected chi connectivity index (χ0v) is 13.7. The average molecular weight is 303 g/mol. The van der Waals surface area contributed by atoms with Gasteiger partial charge in [-0.2, -0.15) is 0 Å². The van der Waals surface area contributed by atoms with E-state index in [1.807, 2.05) is 56.9 Å². The number of carbonyl (C=O) groups is 1. The van der Waals surface area contributed by atoms with Gasteiger partial charge in [0.25, 0.3) is 5.91 Å². The number of aryl methyl sites for hydroxylation is 2. The number of nitrogens with zero attached hydrogens (tertiary/aromatic N) is 2. The van der Waals surface area contributed by atoms with Gasteiger partial charge in [0, 0.05) is 18.3 Å². The predicted octanol–water partition coefficient (Wildman–Crippen LogP) is 3.39. The Kier molecular flexibility index (Phi) is 4.63. The predicted molar refractivity (Wildman–Crippen MR) is 87.5 cm³/mol. The fraction of sp³-hybridized carbons (Fsp3) is 0.375. The molecule has 4 nitrogen and oxygen atoms in total. The zero-order chi connectivity index (χ0) is 15.6. The van der Waals surface area contributed by atoms with Crippen molar-refractivity contribution >= 4 is 22.9 Å². The maximum Gasteiger partial charge on any atom is 0.266 e. The van der Waals surface area contributed by atoms with Crippen LogP contribution >= 0.6 is 11.3 Å². The highest BCUT2D eigenvalue weighted by atomic mass is 32.1. The van der Waals surface area contributed by atoms with Crippen LogP contribution in [0, 0.1) is 13.8 Å². The summed E-state index contributed by atoms with van der Waals surface area (Å²) in [6.07, 6.45) is 0. The van der Waals surface area contributed by atoms with Gasteiger partial charge in [0.2, 0.25) is 0 Å². The Bertz CT molecular complexity index is 631. The van der Waals surface area contributed by atoms with E-state index in [9.17, 15) is 4.79 Å². The van der Waals surface area contributed by atoms with Crippen molar-refractivity contribution in [3.8, 4) is 0 Å². The number of rotatable bonds is 4. The van der Waals surface area contributed by atoms with Gasteiger partial charge in [0.15, 0.2) is 0 Å². The highest BCUT2D eigenvalue weighted by Gasteiger charge is 2.23. The molecule has 0 spiro atoms. The van der Waals surface area contributed by atoms with Crippen molar-refractivity contribution in [2.24, 2.45) is 0 Å². The molecule has 2 aromatic rings. The van der Waals surface area contributed by atoms with Crippen LogP contribution in [-0.2, 0) is 6.54 Å². The van der Waals surface area contributed by atoms with Gasteiger partial charge in [-0.15, -0.1) is 11.3 Å². The molecule has 5 heteroatoms. The smallest absolute Gasteiger partial charge is 0.266 e. The average Bonchev–Trinajstić information content (AvgIpc) is 2.76. The van der Waals surface area contributed by atoms with E-state index in [4.69, 9.17) is 5.73 Å². The van der Waals surface area contributed by atoms with Crippen LogP contribution < -0.4 is 5.73 Å². The fourth-order valence-corrected chi connectivity index (χ4v) is 3.04. The largest absolute Gasteiger partial charge is 0.399 e. The summed E-state index contributed by atoms with van der Waals surface area (Å²) in [4.78, 5) is 19.7. The van der Waals surface area contributed by atoms with Crippen molar-refractivity contribution < 1.29 is 4.79 Å². The molecule has 0 fully saturated rings. The molecule has 21 heavy (non-hydrogen) atoms. The third-order valence-corrected chi connectivity index (χ3v) is 4.38. The number of thiazole rings is 1. The minimum atomic E-state index is 0.0462. The van der Waals surface area contributed by atoms with Crippen LogP contribution in [0.5, 0.6) is 0 Å². The van der Waals surface area contributed by atoms with Crippen LogP contribution in [0.15, 0.2) is 24.3 Å². The molecule has 1 aromatic heterocycles.